The van der Waals surface area contributed by atoms with Gasteiger partial charge < -0.3 is 61.8 Å². The second kappa shape index (κ2) is 29.3. The molecule has 0 radical (unpaired) electrons. The van der Waals surface area contributed by atoms with Crippen molar-refractivity contribution in [2.75, 3.05) is 34.5 Å². The number of carboxylic acids is 4. The molecule has 8 heterocycles. The van der Waals surface area contributed by atoms with Gasteiger partial charge in [0.05, 0.1) is 31.8 Å². The summed E-state index contributed by atoms with van der Waals surface area (Å²) in [6.45, 7) is 4.89. The number of hydrogen-bond donors (Lipinski definition) is 6. The molecule has 0 bridgehead atoms. The van der Waals surface area contributed by atoms with E-state index in [9.17, 15) is 77.2 Å². The number of aromatic nitrogens is 2. The number of amides is 4. The van der Waals surface area contributed by atoms with Gasteiger partial charge in [-0.3, -0.25) is 38.6 Å². The number of nitrogens with one attached hydrogen (secondary N) is 2. The van der Waals surface area contributed by atoms with Crippen LogP contribution in [0.3, 0.4) is 0 Å². The van der Waals surface area contributed by atoms with E-state index in [1.54, 1.807) is 0 Å². The number of anilines is 2. The molecule has 90 heavy (non-hydrogen) atoms. The number of carbonyl (C=O) groups excluding carboxylic acids is 6. The molecule has 2 aromatic carbocycles. The zero-order valence-electron chi connectivity index (χ0n) is 47.4. The number of nitrogens with zero attached hydrogens (tertiary/aromatic N) is 6. The number of nitrogens with two attached hydrogens (primary N) is 2. The maximum absolute atomic E-state index is 13.7. The van der Waals surface area contributed by atoms with E-state index in [1.165, 1.54) is 157 Å². The summed E-state index contributed by atoms with van der Waals surface area (Å²) >= 11 is 9.13. The molecule has 8 N–H and O–H groups in total. The minimum atomic E-state index is -1.79. The molecule has 0 saturated carbocycles. The van der Waals surface area contributed by atoms with Crippen LogP contribution in [-0.4, -0.2) is 146 Å². The quantitative estimate of drug-likeness (QED) is 0.0142. The number of thiazole rings is 2. The third kappa shape index (κ3) is 15.6. The van der Waals surface area contributed by atoms with Gasteiger partial charge in [-0.15, -0.1) is 92.4 Å². The van der Waals surface area contributed by atoms with Crippen molar-refractivity contribution in [1.82, 2.24) is 30.4 Å². The fourth-order valence-corrected chi connectivity index (χ4v) is 16.8. The largest absolute Gasteiger partial charge is 1.00 e. The maximum Gasteiger partial charge on any atom is 1.00 e. The van der Waals surface area contributed by atoms with E-state index >= 15 is 0 Å². The van der Waals surface area contributed by atoms with Gasteiger partial charge in [0.25, 0.3) is 23.6 Å². The Labute approximate surface area is 582 Å². The Bertz CT molecular complexity index is 3950. The zero-order valence-corrected chi connectivity index (χ0v) is 57.9. The molecule has 38 heteroatoms. The van der Waals surface area contributed by atoms with Gasteiger partial charge in [-0.25, -0.2) is 28.3 Å². The van der Waals surface area contributed by atoms with Crippen LogP contribution in [-0.2, 0) is 48.0 Å². The van der Waals surface area contributed by atoms with Gasteiger partial charge in [-0.1, -0.05) is 10.3 Å². The molecular weight excluding hydrogens is 1360 g/mol. The van der Waals surface area contributed by atoms with Gasteiger partial charge >= 0.3 is 71.1 Å². The van der Waals surface area contributed by atoms with Crippen molar-refractivity contribution in [2.45, 2.75) is 70.1 Å². The Balaban J connectivity index is 0.000000250. The molecule has 0 spiro atoms. The maximum atomic E-state index is 13.7. The van der Waals surface area contributed by atoms with Crippen LogP contribution in [0.25, 0.3) is 20.2 Å². The number of halogens is 2. The van der Waals surface area contributed by atoms with Gasteiger partial charge in [-0.2, -0.15) is 0 Å². The van der Waals surface area contributed by atoms with E-state index in [1.807, 2.05) is 0 Å². The van der Waals surface area contributed by atoms with E-state index in [0.29, 0.717) is 39.7 Å². The first-order chi connectivity index (χ1) is 41.5. The number of carbonyl (C=O) groups is 8. The first-order valence-corrected chi connectivity index (χ1v) is 32.5. The summed E-state index contributed by atoms with van der Waals surface area (Å²) in [5, 5.41) is 57.6. The summed E-state index contributed by atoms with van der Waals surface area (Å²) in [5.41, 5.74) is 6.36. The van der Waals surface area contributed by atoms with Crippen molar-refractivity contribution in [3.63, 3.8) is 0 Å². The van der Waals surface area contributed by atoms with Crippen molar-refractivity contribution in [1.29, 1.82) is 0 Å². The molecule has 2 fully saturated rings. The molecule has 4 aliphatic rings. The molecule has 4 aliphatic heterocycles. The molecule has 0 unspecified atom stereocenters. The van der Waals surface area contributed by atoms with Gasteiger partial charge in [-0.05, 0) is 75.2 Å². The predicted octanol–water partition coefficient (Wildman–Crippen LogP) is -3.55. The van der Waals surface area contributed by atoms with Crippen molar-refractivity contribution in [2.24, 2.45) is 10.3 Å². The fourth-order valence-electron chi connectivity index (χ4n) is 8.26. The summed E-state index contributed by atoms with van der Waals surface area (Å²) in [6, 6.07) is 8.21. The first-order valence-electron chi connectivity index (χ1n) is 25.1. The van der Waals surface area contributed by atoms with Crippen LogP contribution < -0.4 is 102 Å². The number of rotatable bonds is 20. The van der Waals surface area contributed by atoms with E-state index in [0.717, 1.165) is 32.5 Å². The van der Waals surface area contributed by atoms with Crippen LogP contribution in [0.2, 0.25) is 0 Å². The number of aliphatic carboxylic acids is 4. The van der Waals surface area contributed by atoms with E-state index < -0.39 is 105 Å². The predicted molar refractivity (Wildman–Crippen MR) is 323 cm³/mol. The summed E-state index contributed by atoms with van der Waals surface area (Å²) in [7, 11) is 0. The van der Waals surface area contributed by atoms with Crippen LogP contribution in [0.15, 0.2) is 110 Å². The van der Waals surface area contributed by atoms with Crippen molar-refractivity contribution < 1.29 is 136 Å². The number of hydrogen-bond acceptors (Lipinski definition) is 28. The normalized spacial score (nSPS) is 18.2. The van der Waals surface area contributed by atoms with Crippen LogP contribution in [0, 0.1) is 11.6 Å². The SMILES string of the molecule is CC(C)(O/N=C(\C(=O)N[C@@H]1C(=O)N2C(C(=O)[O-])=C(CSc3cc(=O)c4ccc(F)cc4s3)CS[C@H]12)c1csc(N)n1)C(=O)O.CC(C)(O/N=C(\C(=O)N[C@@H]1C(=O)N2C(C(=O)[O-])=C(CSc3cc(=O)c4ccc(F)cc4s3)CS[C@H]12)c1csc(N)n1)C(=O)O.[Na+].[Na+]. The minimum absolute atomic E-state index is 0. The molecule has 2 saturated heterocycles. The Morgan fingerprint density at radius 2 is 1.02 bits per heavy atom. The van der Waals surface area contributed by atoms with Gasteiger partial charge in [0.1, 0.15) is 45.9 Å². The molecule has 4 aromatic heterocycles. The van der Waals surface area contributed by atoms with Crippen molar-refractivity contribution >= 4 is 182 Å². The second-order valence-electron chi connectivity index (χ2n) is 19.8. The van der Waals surface area contributed by atoms with Crippen LogP contribution >= 0.6 is 92.4 Å². The molecular formula is C52H42F2N10Na2O16S8. The second-order valence-corrected chi connectivity index (χ2v) is 28.5. The van der Waals surface area contributed by atoms with E-state index in [2.05, 4.69) is 30.9 Å². The molecule has 460 valence electrons. The first kappa shape index (κ1) is 71.4. The van der Waals surface area contributed by atoms with Crippen LogP contribution in [0.1, 0.15) is 39.1 Å². The summed E-state index contributed by atoms with van der Waals surface area (Å²) in [4.78, 5) is 145. The zero-order chi connectivity index (χ0) is 63.8. The molecule has 6 aromatic rings. The van der Waals surface area contributed by atoms with Crippen LogP contribution in [0.4, 0.5) is 19.0 Å². The topological polar surface area (TPSA) is 409 Å². The third-order valence-corrected chi connectivity index (χ3v) is 21.7. The van der Waals surface area contributed by atoms with Gasteiger partial charge in [0.15, 0.2) is 32.5 Å². The number of benzene rings is 2. The number of fused-ring (bicyclic) bond motifs is 4. The Morgan fingerprint density at radius 3 is 1.34 bits per heavy atom. The number of thioether (sulfide) groups is 4. The smallest absolute Gasteiger partial charge is 0.543 e. The minimum Gasteiger partial charge on any atom is -0.543 e. The summed E-state index contributed by atoms with van der Waals surface area (Å²) < 4.78 is 29.4. The van der Waals surface area contributed by atoms with Crippen molar-refractivity contribution in [3.8, 4) is 0 Å². The summed E-state index contributed by atoms with van der Waals surface area (Å²) in [6.07, 6.45) is 0. The molecule has 4 amide bonds. The van der Waals surface area contributed by atoms with Crippen LogP contribution in [0.5, 0.6) is 0 Å². The Morgan fingerprint density at radius 1 is 0.656 bits per heavy atom. The monoisotopic (exact) mass is 1400 g/mol. The molecule has 10 rings (SSSR count). The number of β-lactam (4-membered cyclic amide) rings is 2. The average molecular weight is 1400 g/mol. The molecule has 26 nitrogen and oxygen atoms in total. The van der Waals surface area contributed by atoms with E-state index in [4.69, 9.17) is 21.1 Å². The Hall–Kier alpha value is -6.00. The van der Waals surface area contributed by atoms with Gasteiger partial charge in [0, 0.05) is 66.1 Å². The third-order valence-electron chi connectivity index (χ3n) is 12.9. The van der Waals surface area contributed by atoms with E-state index in [-0.39, 0.29) is 126 Å². The number of carboxylic acid groups (broad SMARTS) is 4. The average Bonchev–Trinajstić information content (AvgIpc) is 0.839. The number of oxime groups is 2. The standard InChI is InChI=1S/2C26H22FN5O8S4.2Na/c2*1-26(2,24(38)39)40-31-17(13-9-43-25(28)29-13)20(34)30-18-21(35)32-19(23(36)37)10(8-42-22(18)32)7-41-16-6-14(33)12-4-3-11(27)5-15(12)44-16;;/h2*3-6,9,18,22H,7-8H2,1-2H3,(H2,28,29)(H,30,34)(H,36,37)(H,38,39);;/q;;2*+1/p-2/b2*31-17-;;/t2*18-,22-;;/m11../s1. The molecule has 0 aliphatic carbocycles. The van der Waals surface area contributed by atoms with Gasteiger partial charge in [0.2, 0.25) is 11.2 Å². The number of nitrogen functional groups attached to an aromatic ring is 2. The molecule has 4 atom stereocenters. The fraction of sp³-hybridized carbons (Fsp3) is 0.269. The van der Waals surface area contributed by atoms with Crippen molar-refractivity contribution in [3.05, 3.63) is 125 Å². The summed E-state index contributed by atoms with van der Waals surface area (Å²) in [5.74, 6) is -9.53. The Kier molecular flexibility index (Phi) is 23.3.